The second kappa shape index (κ2) is 3.96. The molecule has 0 amide bonds. The first kappa shape index (κ1) is 10.3. The average molecular weight is 194 g/mol. The van der Waals surface area contributed by atoms with Crippen LogP contribution in [0.4, 0.5) is 5.69 Å². The van der Waals surface area contributed by atoms with Gasteiger partial charge in [0.15, 0.2) is 6.10 Å². The summed E-state index contributed by atoms with van der Waals surface area (Å²) in [6.45, 7) is 0. The topological polar surface area (TPSA) is 110 Å². The zero-order chi connectivity index (χ0) is 10.7. The highest BCUT2D eigenvalue weighted by Gasteiger charge is 2.18. The molecule has 0 radical (unpaired) electrons. The van der Waals surface area contributed by atoms with Crippen LogP contribution in [0, 0.1) is 11.3 Å². The molecule has 0 bridgehead atoms. The highest BCUT2D eigenvalue weighted by Crippen LogP contribution is 2.25. The van der Waals surface area contributed by atoms with Crippen molar-refractivity contribution in [2.45, 2.75) is 12.2 Å². The van der Waals surface area contributed by atoms with Gasteiger partial charge in [0.1, 0.15) is 11.9 Å². The van der Waals surface area contributed by atoms with Gasteiger partial charge in [0.05, 0.1) is 11.8 Å². The molecule has 0 fully saturated rings. The third kappa shape index (κ3) is 1.93. The highest BCUT2D eigenvalue weighted by molar-refractivity contribution is 5.53. The van der Waals surface area contributed by atoms with Crippen molar-refractivity contribution in [3.63, 3.8) is 0 Å². The summed E-state index contributed by atoms with van der Waals surface area (Å²) in [7, 11) is 0. The molecule has 5 heteroatoms. The molecule has 0 aliphatic carbocycles. The summed E-state index contributed by atoms with van der Waals surface area (Å²) in [5.74, 6) is -0.104. The minimum Gasteiger partial charge on any atom is -0.506 e. The molecule has 14 heavy (non-hydrogen) atoms. The SMILES string of the molecule is N#CC(O)C(O)c1ccc(O)c(N)c1. The van der Waals surface area contributed by atoms with Crippen molar-refractivity contribution in [3.8, 4) is 11.8 Å². The number of anilines is 1. The van der Waals surface area contributed by atoms with Gasteiger partial charge in [0.25, 0.3) is 0 Å². The van der Waals surface area contributed by atoms with E-state index in [-0.39, 0.29) is 17.0 Å². The van der Waals surface area contributed by atoms with Crippen molar-refractivity contribution in [2.75, 3.05) is 5.73 Å². The molecule has 1 aromatic rings. The number of nitrogens with zero attached hydrogens (tertiary/aromatic N) is 1. The van der Waals surface area contributed by atoms with Crippen LogP contribution in [0.5, 0.6) is 5.75 Å². The van der Waals surface area contributed by atoms with Gasteiger partial charge in [-0.15, -0.1) is 0 Å². The summed E-state index contributed by atoms with van der Waals surface area (Å²) in [4.78, 5) is 0. The monoisotopic (exact) mass is 194 g/mol. The maximum atomic E-state index is 9.39. The van der Waals surface area contributed by atoms with E-state index in [4.69, 9.17) is 21.2 Å². The number of aliphatic hydroxyl groups excluding tert-OH is 2. The van der Waals surface area contributed by atoms with Crippen LogP contribution in [-0.4, -0.2) is 21.4 Å². The molecule has 5 N–H and O–H groups in total. The summed E-state index contributed by atoms with van der Waals surface area (Å²) < 4.78 is 0. The second-order valence-corrected chi connectivity index (χ2v) is 2.84. The van der Waals surface area contributed by atoms with Gasteiger partial charge in [-0.2, -0.15) is 5.26 Å². The van der Waals surface area contributed by atoms with Gasteiger partial charge in [0.2, 0.25) is 0 Å². The largest absolute Gasteiger partial charge is 0.506 e. The lowest BCUT2D eigenvalue weighted by molar-refractivity contribution is 0.0528. The lowest BCUT2D eigenvalue weighted by Crippen LogP contribution is -2.15. The minimum absolute atomic E-state index is 0.0895. The van der Waals surface area contributed by atoms with Crippen LogP contribution >= 0.6 is 0 Å². The number of rotatable bonds is 2. The number of aromatic hydroxyl groups is 1. The Morgan fingerprint density at radius 3 is 2.50 bits per heavy atom. The lowest BCUT2D eigenvalue weighted by atomic mass is 10.0. The van der Waals surface area contributed by atoms with E-state index in [1.807, 2.05) is 0 Å². The van der Waals surface area contributed by atoms with Gasteiger partial charge in [0, 0.05) is 0 Å². The van der Waals surface area contributed by atoms with Crippen LogP contribution < -0.4 is 5.73 Å². The summed E-state index contributed by atoms with van der Waals surface area (Å²) in [6, 6.07) is 5.48. The Bertz CT molecular complexity index is 373. The normalized spacial score (nSPS) is 14.4. The van der Waals surface area contributed by atoms with Crippen LogP contribution in [-0.2, 0) is 0 Å². The molecule has 0 spiro atoms. The third-order valence-electron chi connectivity index (χ3n) is 1.82. The first-order valence-corrected chi connectivity index (χ1v) is 3.90. The van der Waals surface area contributed by atoms with E-state index in [2.05, 4.69) is 0 Å². The van der Waals surface area contributed by atoms with Gasteiger partial charge >= 0.3 is 0 Å². The van der Waals surface area contributed by atoms with Crippen LogP contribution in [0.2, 0.25) is 0 Å². The summed E-state index contributed by atoms with van der Waals surface area (Å²) in [6.07, 6.45) is -2.82. The first-order chi connectivity index (χ1) is 6.56. The Morgan fingerprint density at radius 2 is 2.00 bits per heavy atom. The fourth-order valence-corrected chi connectivity index (χ4v) is 1.01. The molecule has 1 rings (SSSR count). The van der Waals surface area contributed by atoms with E-state index in [0.29, 0.717) is 0 Å². The predicted molar refractivity (Wildman–Crippen MR) is 49.1 cm³/mol. The Morgan fingerprint density at radius 1 is 1.36 bits per heavy atom. The molecular weight excluding hydrogens is 184 g/mol. The molecule has 0 heterocycles. The number of nitrogen functional groups attached to an aromatic ring is 1. The minimum atomic E-state index is -1.50. The standard InChI is InChI=1S/C9H10N2O3/c10-4-8(13)9(14)5-1-2-7(12)6(11)3-5/h1-3,8-9,12-14H,11H2. The molecular formula is C9H10N2O3. The molecule has 5 nitrogen and oxygen atoms in total. The predicted octanol–water partition coefficient (Wildman–Crippen LogP) is -0.108. The smallest absolute Gasteiger partial charge is 0.170 e. The van der Waals surface area contributed by atoms with Crippen molar-refractivity contribution >= 4 is 5.69 Å². The lowest BCUT2D eigenvalue weighted by Gasteiger charge is -2.12. The van der Waals surface area contributed by atoms with Gasteiger partial charge in [-0.1, -0.05) is 6.07 Å². The van der Waals surface area contributed by atoms with Gasteiger partial charge in [-0.3, -0.25) is 0 Å². The number of hydrogen-bond donors (Lipinski definition) is 4. The number of nitriles is 1. The van der Waals surface area contributed by atoms with Crippen molar-refractivity contribution in [1.82, 2.24) is 0 Å². The number of nitrogens with two attached hydrogens (primary N) is 1. The van der Waals surface area contributed by atoms with E-state index in [1.54, 1.807) is 0 Å². The summed E-state index contributed by atoms with van der Waals surface area (Å²) in [5, 5.41) is 35.9. The first-order valence-electron chi connectivity index (χ1n) is 3.90. The van der Waals surface area contributed by atoms with E-state index in [0.717, 1.165) is 0 Å². The molecule has 0 aliphatic rings. The number of phenols is 1. The molecule has 0 saturated heterocycles. The van der Waals surface area contributed by atoms with E-state index < -0.39 is 12.2 Å². The zero-order valence-corrected chi connectivity index (χ0v) is 7.25. The van der Waals surface area contributed by atoms with Crippen molar-refractivity contribution in [2.24, 2.45) is 0 Å². The molecule has 2 unspecified atom stereocenters. The van der Waals surface area contributed by atoms with Gasteiger partial charge in [-0.25, -0.2) is 0 Å². The molecule has 0 aliphatic heterocycles. The van der Waals surface area contributed by atoms with Crippen LogP contribution in [0.25, 0.3) is 0 Å². The summed E-state index contributed by atoms with van der Waals surface area (Å²) >= 11 is 0. The van der Waals surface area contributed by atoms with Gasteiger partial charge in [-0.05, 0) is 17.7 Å². The molecule has 2 atom stereocenters. The van der Waals surface area contributed by atoms with Crippen molar-refractivity contribution in [3.05, 3.63) is 23.8 Å². The molecule has 1 aromatic carbocycles. The van der Waals surface area contributed by atoms with Crippen LogP contribution in [0.1, 0.15) is 11.7 Å². The Kier molecular flexibility index (Phi) is 2.92. The van der Waals surface area contributed by atoms with Crippen LogP contribution in [0.15, 0.2) is 18.2 Å². The molecule has 74 valence electrons. The summed E-state index contributed by atoms with van der Waals surface area (Å²) in [5.41, 5.74) is 5.75. The molecule has 0 aromatic heterocycles. The van der Waals surface area contributed by atoms with E-state index in [9.17, 15) is 5.11 Å². The van der Waals surface area contributed by atoms with E-state index >= 15 is 0 Å². The average Bonchev–Trinajstić information content (AvgIpc) is 2.20. The Labute approximate surface area is 80.6 Å². The fourth-order valence-electron chi connectivity index (χ4n) is 1.01. The Balaban J connectivity index is 2.98. The van der Waals surface area contributed by atoms with Crippen LogP contribution in [0.3, 0.4) is 0 Å². The quantitative estimate of drug-likeness (QED) is 0.298. The zero-order valence-electron chi connectivity index (χ0n) is 7.25. The maximum Gasteiger partial charge on any atom is 0.170 e. The second-order valence-electron chi connectivity index (χ2n) is 2.84. The third-order valence-corrected chi connectivity index (χ3v) is 1.82. The van der Waals surface area contributed by atoms with Crippen molar-refractivity contribution in [1.29, 1.82) is 5.26 Å². The van der Waals surface area contributed by atoms with Gasteiger partial charge < -0.3 is 21.1 Å². The number of phenolic OH excluding ortho intramolecular Hbond substituents is 1. The highest BCUT2D eigenvalue weighted by atomic mass is 16.3. The number of hydrogen-bond acceptors (Lipinski definition) is 5. The maximum absolute atomic E-state index is 9.39. The Hall–Kier alpha value is -1.77. The molecule has 0 saturated carbocycles. The van der Waals surface area contributed by atoms with E-state index in [1.165, 1.54) is 24.3 Å². The fraction of sp³-hybridized carbons (Fsp3) is 0.222. The number of benzene rings is 1. The number of aliphatic hydroxyl groups is 2. The van der Waals surface area contributed by atoms with Crippen molar-refractivity contribution < 1.29 is 15.3 Å².